The summed E-state index contributed by atoms with van der Waals surface area (Å²) in [5.74, 6) is -0.950. The number of halogens is 1. The Hall–Kier alpha value is -1.38. The highest BCUT2D eigenvalue weighted by Gasteiger charge is 2.28. The van der Waals surface area contributed by atoms with Crippen molar-refractivity contribution in [3.05, 3.63) is 34.6 Å². The molecular weight excluding hydrogens is 231 g/mol. The van der Waals surface area contributed by atoms with E-state index in [1.807, 2.05) is 20.8 Å². The quantitative estimate of drug-likeness (QED) is 0.882. The van der Waals surface area contributed by atoms with Gasteiger partial charge in [0.2, 0.25) is 0 Å². The van der Waals surface area contributed by atoms with Crippen molar-refractivity contribution in [3.63, 3.8) is 0 Å². The van der Waals surface area contributed by atoms with Crippen LogP contribution in [0.4, 0.5) is 4.39 Å². The normalized spacial score (nSPS) is 11.9. The lowest BCUT2D eigenvalue weighted by Gasteiger charge is -2.21. The molecule has 1 N–H and O–H groups in total. The maximum Gasteiger partial charge on any atom is 0.309 e. The zero-order valence-electron chi connectivity index (χ0n) is 11.7. The second-order valence-corrected chi connectivity index (χ2v) is 5.82. The number of carboxylic acids is 1. The molecular formula is C15H21FO2. The zero-order chi connectivity index (χ0) is 14.1. The van der Waals surface area contributed by atoms with Gasteiger partial charge in [0.05, 0.1) is 5.41 Å². The third kappa shape index (κ3) is 3.09. The predicted octanol–water partition coefficient (Wildman–Crippen LogP) is 3.91. The van der Waals surface area contributed by atoms with Crippen molar-refractivity contribution in [1.29, 1.82) is 0 Å². The summed E-state index contributed by atoms with van der Waals surface area (Å²) in [7, 11) is 0. The molecule has 0 amide bonds. The molecule has 100 valence electrons. The lowest BCUT2D eigenvalue weighted by atomic mass is 9.83. The van der Waals surface area contributed by atoms with E-state index in [0.717, 1.165) is 11.1 Å². The molecule has 0 aliphatic carbocycles. The minimum absolute atomic E-state index is 0.0947. The highest BCUT2D eigenvalue weighted by molar-refractivity contribution is 5.74. The number of hydrogen-bond acceptors (Lipinski definition) is 1. The number of benzene rings is 1. The van der Waals surface area contributed by atoms with Crippen LogP contribution in [0.15, 0.2) is 12.1 Å². The molecule has 1 aromatic rings. The molecule has 1 aromatic carbocycles. The Morgan fingerprint density at radius 3 is 2.39 bits per heavy atom. The van der Waals surface area contributed by atoms with Crippen LogP contribution < -0.4 is 0 Å². The van der Waals surface area contributed by atoms with E-state index in [0.29, 0.717) is 12.0 Å². The minimum atomic E-state index is -0.836. The Labute approximate surface area is 108 Å². The second kappa shape index (κ2) is 5.09. The van der Waals surface area contributed by atoms with Crippen LogP contribution >= 0.6 is 0 Å². The average Bonchev–Trinajstić information content (AvgIpc) is 2.21. The Morgan fingerprint density at radius 1 is 1.39 bits per heavy atom. The van der Waals surface area contributed by atoms with Crippen LogP contribution in [0.1, 0.15) is 50.3 Å². The Kier molecular flexibility index (Phi) is 4.15. The Bertz CT molecular complexity index is 462. The van der Waals surface area contributed by atoms with Crippen LogP contribution in [0.2, 0.25) is 0 Å². The van der Waals surface area contributed by atoms with E-state index < -0.39 is 11.4 Å². The molecule has 1 rings (SSSR count). The molecule has 0 radical (unpaired) electrons. The molecule has 0 saturated carbocycles. The topological polar surface area (TPSA) is 37.3 Å². The van der Waals surface area contributed by atoms with Crippen LogP contribution in [-0.4, -0.2) is 11.1 Å². The number of aliphatic carboxylic acids is 1. The van der Waals surface area contributed by atoms with Crippen molar-refractivity contribution < 1.29 is 14.3 Å². The van der Waals surface area contributed by atoms with Crippen LogP contribution in [-0.2, 0) is 11.2 Å². The molecule has 0 aliphatic rings. The molecule has 2 nitrogen and oxygen atoms in total. The first-order valence-corrected chi connectivity index (χ1v) is 6.17. The number of carbonyl (C=O) groups is 1. The van der Waals surface area contributed by atoms with E-state index in [1.54, 1.807) is 19.9 Å². The van der Waals surface area contributed by atoms with Gasteiger partial charge in [-0.3, -0.25) is 4.79 Å². The van der Waals surface area contributed by atoms with Gasteiger partial charge in [-0.05, 0) is 55.9 Å². The summed E-state index contributed by atoms with van der Waals surface area (Å²) in [6.07, 6.45) is 0.411. The molecule has 0 saturated heterocycles. The minimum Gasteiger partial charge on any atom is -0.481 e. The monoisotopic (exact) mass is 252 g/mol. The molecule has 18 heavy (non-hydrogen) atoms. The average molecular weight is 252 g/mol. The van der Waals surface area contributed by atoms with Crippen LogP contribution in [0.3, 0.4) is 0 Å². The molecule has 0 heterocycles. The summed E-state index contributed by atoms with van der Waals surface area (Å²) in [4.78, 5) is 11.1. The highest BCUT2D eigenvalue weighted by Crippen LogP contribution is 2.28. The van der Waals surface area contributed by atoms with Gasteiger partial charge in [0, 0.05) is 0 Å². The van der Waals surface area contributed by atoms with Crippen molar-refractivity contribution in [2.75, 3.05) is 0 Å². The third-order valence-electron chi connectivity index (χ3n) is 3.29. The van der Waals surface area contributed by atoms with E-state index in [2.05, 4.69) is 0 Å². The van der Waals surface area contributed by atoms with Gasteiger partial charge in [0.25, 0.3) is 0 Å². The van der Waals surface area contributed by atoms with E-state index in [-0.39, 0.29) is 11.7 Å². The van der Waals surface area contributed by atoms with Crippen molar-refractivity contribution in [2.24, 2.45) is 5.41 Å². The maximum atomic E-state index is 13.8. The largest absolute Gasteiger partial charge is 0.481 e. The van der Waals surface area contributed by atoms with E-state index in [1.165, 1.54) is 6.07 Å². The number of aryl methyl sites for hydroxylation is 1. The standard InChI is InChI=1S/C15H21FO2/c1-9(2)12-7-11(10(3)6-13(12)16)8-15(4,5)14(17)18/h6-7,9H,8H2,1-5H3,(H,17,18). The smallest absolute Gasteiger partial charge is 0.309 e. The van der Waals surface area contributed by atoms with Crippen molar-refractivity contribution in [2.45, 2.75) is 47.0 Å². The Morgan fingerprint density at radius 2 is 1.94 bits per heavy atom. The predicted molar refractivity (Wildman–Crippen MR) is 70.3 cm³/mol. The molecule has 0 aliphatic heterocycles. The fourth-order valence-corrected chi connectivity index (χ4v) is 1.92. The zero-order valence-corrected chi connectivity index (χ0v) is 11.7. The maximum absolute atomic E-state index is 13.8. The first-order valence-electron chi connectivity index (χ1n) is 6.17. The van der Waals surface area contributed by atoms with Gasteiger partial charge in [-0.15, -0.1) is 0 Å². The number of rotatable bonds is 4. The molecule has 0 unspecified atom stereocenters. The Balaban J connectivity index is 3.18. The summed E-state index contributed by atoms with van der Waals surface area (Å²) >= 11 is 0. The van der Waals surface area contributed by atoms with Crippen LogP contribution in [0.25, 0.3) is 0 Å². The highest BCUT2D eigenvalue weighted by atomic mass is 19.1. The van der Waals surface area contributed by atoms with Gasteiger partial charge in [-0.25, -0.2) is 4.39 Å². The number of hydrogen-bond donors (Lipinski definition) is 1. The first-order chi connectivity index (χ1) is 8.15. The van der Waals surface area contributed by atoms with Gasteiger partial charge >= 0.3 is 5.97 Å². The second-order valence-electron chi connectivity index (χ2n) is 5.82. The molecule has 0 fully saturated rings. The fourth-order valence-electron chi connectivity index (χ4n) is 1.92. The SMILES string of the molecule is Cc1cc(F)c(C(C)C)cc1CC(C)(C)C(=O)O. The summed E-state index contributed by atoms with van der Waals surface area (Å²) in [5, 5.41) is 9.15. The van der Waals surface area contributed by atoms with Gasteiger partial charge in [0.1, 0.15) is 5.82 Å². The molecule has 0 atom stereocenters. The van der Waals surface area contributed by atoms with Gasteiger partial charge < -0.3 is 5.11 Å². The van der Waals surface area contributed by atoms with Crippen molar-refractivity contribution in [3.8, 4) is 0 Å². The summed E-state index contributed by atoms with van der Waals surface area (Å²) < 4.78 is 13.8. The van der Waals surface area contributed by atoms with Gasteiger partial charge in [-0.1, -0.05) is 19.9 Å². The molecule has 3 heteroatoms. The fraction of sp³-hybridized carbons (Fsp3) is 0.533. The van der Waals surface area contributed by atoms with Crippen molar-refractivity contribution in [1.82, 2.24) is 0 Å². The third-order valence-corrected chi connectivity index (χ3v) is 3.29. The van der Waals surface area contributed by atoms with Gasteiger partial charge in [0.15, 0.2) is 0 Å². The molecule has 0 spiro atoms. The molecule has 0 bridgehead atoms. The van der Waals surface area contributed by atoms with Crippen molar-refractivity contribution >= 4 is 5.97 Å². The lowest BCUT2D eigenvalue weighted by Crippen LogP contribution is -2.26. The summed E-state index contributed by atoms with van der Waals surface area (Å²) in [5.41, 5.74) is 1.53. The lowest BCUT2D eigenvalue weighted by molar-refractivity contribution is -0.146. The number of carboxylic acid groups (broad SMARTS) is 1. The van der Waals surface area contributed by atoms with Crippen LogP contribution in [0, 0.1) is 18.2 Å². The summed E-state index contributed by atoms with van der Waals surface area (Å²) in [6.45, 7) is 9.06. The van der Waals surface area contributed by atoms with Gasteiger partial charge in [-0.2, -0.15) is 0 Å². The molecule has 0 aromatic heterocycles. The van der Waals surface area contributed by atoms with E-state index in [4.69, 9.17) is 5.11 Å². The summed E-state index contributed by atoms with van der Waals surface area (Å²) in [6, 6.07) is 3.31. The van der Waals surface area contributed by atoms with E-state index >= 15 is 0 Å². The van der Waals surface area contributed by atoms with E-state index in [9.17, 15) is 9.18 Å². The first kappa shape index (κ1) is 14.7. The van der Waals surface area contributed by atoms with Crippen LogP contribution in [0.5, 0.6) is 0 Å².